The highest BCUT2D eigenvalue weighted by Gasteiger charge is 2.41. The summed E-state index contributed by atoms with van der Waals surface area (Å²) in [5, 5.41) is 0. The Morgan fingerprint density at radius 1 is 1.11 bits per heavy atom. The molecule has 0 unspecified atom stereocenters. The van der Waals surface area contributed by atoms with Crippen LogP contribution in [0.3, 0.4) is 0 Å². The Labute approximate surface area is 112 Å². The number of nitrogens with zero attached hydrogens (tertiary/aromatic N) is 1. The average Bonchev–Trinajstić information content (AvgIpc) is 2.57. The molecule has 3 aliphatic rings. The normalized spacial score (nSPS) is 46.0. The minimum Gasteiger partial charge on any atom is -0.363 e. The van der Waals surface area contributed by atoms with Gasteiger partial charge in [0.05, 0.1) is 12.8 Å². The van der Waals surface area contributed by atoms with Crippen molar-refractivity contribution in [3.05, 3.63) is 0 Å². The lowest BCUT2D eigenvalue weighted by molar-refractivity contribution is -0.0526. The van der Waals surface area contributed by atoms with E-state index in [2.05, 4.69) is 18.7 Å². The number of hydrogen-bond donors (Lipinski definition) is 0. The summed E-state index contributed by atoms with van der Waals surface area (Å²) in [5.74, 6) is 2.60. The summed E-state index contributed by atoms with van der Waals surface area (Å²) >= 11 is 0. The lowest BCUT2D eigenvalue weighted by Gasteiger charge is -2.42. The highest BCUT2D eigenvalue weighted by Crippen LogP contribution is 2.41. The molecule has 3 rings (SSSR count). The van der Waals surface area contributed by atoms with Crippen molar-refractivity contribution in [2.24, 2.45) is 17.8 Å². The van der Waals surface area contributed by atoms with Crippen LogP contribution in [0.25, 0.3) is 0 Å². The predicted molar refractivity (Wildman–Crippen MR) is 74.4 cm³/mol. The maximum atomic E-state index is 6.27. The first-order valence-corrected chi connectivity index (χ1v) is 8.15. The van der Waals surface area contributed by atoms with Crippen LogP contribution in [-0.4, -0.2) is 30.3 Å². The summed E-state index contributed by atoms with van der Waals surface area (Å²) in [6.45, 7) is 7.03. The molecule has 1 saturated carbocycles. The third-order valence-electron chi connectivity index (χ3n) is 5.90. The molecule has 0 amide bonds. The first-order valence-electron chi connectivity index (χ1n) is 8.15. The Morgan fingerprint density at radius 2 is 1.94 bits per heavy atom. The van der Waals surface area contributed by atoms with Crippen LogP contribution in [0.1, 0.15) is 58.8 Å². The summed E-state index contributed by atoms with van der Waals surface area (Å²) in [5.41, 5.74) is 0. The molecule has 5 atom stereocenters. The quantitative estimate of drug-likeness (QED) is 0.705. The molecular weight excluding hydrogens is 222 g/mol. The van der Waals surface area contributed by atoms with E-state index in [1.807, 2.05) is 0 Å². The molecule has 0 aromatic carbocycles. The van der Waals surface area contributed by atoms with Crippen LogP contribution >= 0.6 is 0 Å². The van der Waals surface area contributed by atoms with Gasteiger partial charge in [0.1, 0.15) is 0 Å². The average molecular weight is 251 g/mol. The molecule has 3 fully saturated rings. The van der Waals surface area contributed by atoms with E-state index in [0.29, 0.717) is 6.10 Å². The molecule has 1 aliphatic carbocycles. The van der Waals surface area contributed by atoms with E-state index in [4.69, 9.17) is 4.74 Å². The zero-order chi connectivity index (χ0) is 12.5. The Balaban J connectivity index is 1.73. The van der Waals surface area contributed by atoms with E-state index in [0.717, 1.165) is 30.5 Å². The summed E-state index contributed by atoms with van der Waals surface area (Å²) in [4.78, 5) is 2.67. The van der Waals surface area contributed by atoms with Gasteiger partial charge in [0, 0.05) is 12.6 Å². The minimum absolute atomic E-state index is 0.569. The van der Waals surface area contributed by atoms with Crippen LogP contribution in [-0.2, 0) is 4.74 Å². The molecule has 18 heavy (non-hydrogen) atoms. The molecular formula is C16H29NO. The van der Waals surface area contributed by atoms with Crippen molar-refractivity contribution in [2.45, 2.75) is 70.9 Å². The van der Waals surface area contributed by atoms with Gasteiger partial charge in [0.2, 0.25) is 0 Å². The highest BCUT2D eigenvalue weighted by atomic mass is 16.5. The highest BCUT2D eigenvalue weighted by molar-refractivity contribution is 4.92. The Hall–Kier alpha value is -0.0800. The maximum Gasteiger partial charge on any atom is 0.0996 e. The number of piperidine rings is 1. The molecule has 0 radical (unpaired) electrons. The molecule has 0 N–H and O–H groups in total. The van der Waals surface area contributed by atoms with Crippen molar-refractivity contribution in [3.8, 4) is 0 Å². The number of hydrogen-bond acceptors (Lipinski definition) is 2. The number of rotatable bonds is 1. The topological polar surface area (TPSA) is 12.5 Å². The molecule has 2 aliphatic heterocycles. The van der Waals surface area contributed by atoms with Gasteiger partial charge in [-0.05, 0) is 43.4 Å². The molecule has 2 heterocycles. The Kier molecular flexibility index (Phi) is 3.95. The van der Waals surface area contributed by atoms with Crippen LogP contribution in [0.4, 0.5) is 0 Å². The lowest BCUT2D eigenvalue weighted by Crippen LogP contribution is -2.47. The summed E-state index contributed by atoms with van der Waals surface area (Å²) < 4.78 is 6.27. The molecule has 2 heteroatoms. The monoisotopic (exact) mass is 251 g/mol. The van der Waals surface area contributed by atoms with Gasteiger partial charge in [-0.1, -0.05) is 33.1 Å². The van der Waals surface area contributed by atoms with Gasteiger partial charge in [-0.25, -0.2) is 0 Å². The van der Waals surface area contributed by atoms with Crippen molar-refractivity contribution in [2.75, 3.05) is 13.3 Å². The molecule has 104 valence electrons. The van der Waals surface area contributed by atoms with Gasteiger partial charge < -0.3 is 4.74 Å². The molecule has 0 aromatic heterocycles. The second kappa shape index (κ2) is 5.50. The Bertz CT molecular complexity index is 280. The number of ether oxygens (including phenoxy) is 1. The molecule has 0 bridgehead atoms. The lowest BCUT2D eigenvalue weighted by atomic mass is 9.73. The second-order valence-electron chi connectivity index (χ2n) is 6.83. The fourth-order valence-electron chi connectivity index (χ4n) is 4.64. The van der Waals surface area contributed by atoms with Gasteiger partial charge in [-0.15, -0.1) is 0 Å². The van der Waals surface area contributed by atoms with E-state index in [1.165, 1.54) is 51.5 Å². The van der Waals surface area contributed by atoms with Crippen LogP contribution < -0.4 is 0 Å². The molecule has 2 nitrogen and oxygen atoms in total. The summed E-state index contributed by atoms with van der Waals surface area (Å²) in [6, 6.07) is 0.806. The number of fused-ring (bicyclic) bond motifs is 2. The van der Waals surface area contributed by atoms with Crippen LogP contribution in [0.5, 0.6) is 0 Å². The Morgan fingerprint density at radius 3 is 2.78 bits per heavy atom. The van der Waals surface area contributed by atoms with Gasteiger partial charge >= 0.3 is 0 Å². The van der Waals surface area contributed by atoms with Crippen LogP contribution in [0.2, 0.25) is 0 Å². The van der Waals surface area contributed by atoms with Crippen molar-refractivity contribution in [3.63, 3.8) is 0 Å². The smallest absolute Gasteiger partial charge is 0.0996 e. The van der Waals surface area contributed by atoms with Crippen molar-refractivity contribution < 1.29 is 4.74 Å². The standard InChI is InChI=1S/C16H29NO/c1-3-13-8-9-15-12(2)14-6-4-5-7-16(14)18-11-17(15)10-13/h12-16H,3-11H2,1-2H3/t12-,13-,14-,15+,16+/m1/s1. The zero-order valence-corrected chi connectivity index (χ0v) is 12.1. The minimum atomic E-state index is 0.569. The van der Waals surface area contributed by atoms with E-state index < -0.39 is 0 Å². The first kappa shape index (κ1) is 12.9. The van der Waals surface area contributed by atoms with Crippen LogP contribution in [0.15, 0.2) is 0 Å². The molecule has 2 saturated heterocycles. The van der Waals surface area contributed by atoms with E-state index in [9.17, 15) is 0 Å². The summed E-state index contributed by atoms with van der Waals surface area (Å²) in [6.07, 6.45) is 10.3. The second-order valence-corrected chi connectivity index (χ2v) is 6.83. The van der Waals surface area contributed by atoms with Gasteiger partial charge in [-0.3, -0.25) is 4.90 Å². The fraction of sp³-hybridized carbons (Fsp3) is 1.00. The molecule has 0 spiro atoms. The zero-order valence-electron chi connectivity index (χ0n) is 12.1. The fourth-order valence-corrected chi connectivity index (χ4v) is 4.64. The largest absolute Gasteiger partial charge is 0.363 e. The van der Waals surface area contributed by atoms with Crippen molar-refractivity contribution in [1.29, 1.82) is 0 Å². The molecule has 0 aromatic rings. The van der Waals surface area contributed by atoms with Gasteiger partial charge in [-0.2, -0.15) is 0 Å². The van der Waals surface area contributed by atoms with Gasteiger partial charge in [0.25, 0.3) is 0 Å². The van der Waals surface area contributed by atoms with E-state index >= 15 is 0 Å². The van der Waals surface area contributed by atoms with E-state index in [1.54, 1.807) is 0 Å². The third kappa shape index (κ3) is 2.34. The third-order valence-corrected chi connectivity index (χ3v) is 5.90. The predicted octanol–water partition coefficient (Wildman–Crippen LogP) is 3.66. The van der Waals surface area contributed by atoms with Crippen LogP contribution in [0, 0.1) is 17.8 Å². The maximum absolute atomic E-state index is 6.27. The summed E-state index contributed by atoms with van der Waals surface area (Å²) in [7, 11) is 0. The van der Waals surface area contributed by atoms with E-state index in [-0.39, 0.29) is 0 Å². The SMILES string of the molecule is CC[C@@H]1CC[C@H]2[C@H](C)[C@H]3CCCC[C@@H]3OCN2C1. The van der Waals surface area contributed by atoms with Crippen molar-refractivity contribution >= 4 is 0 Å². The first-order chi connectivity index (χ1) is 8.79. The van der Waals surface area contributed by atoms with Crippen molar-refractivity contribution in [1.82, 2.24) is 4.90 Å². The van der Waals surface area contributed by atoms with Gasteiger partial charge in [0.15, 0.2) is 0 Å².